The van der Waals surface area contributed by atoms with Crippen LogP contribution in [0.15, 0.2) is 41.3 Å². The van der Waals surface area contributed by atoms with Crippen LogP contribution >= 0.6 is 11.6 Å². The van der Waals surface area contributed by atoms with Crippen molar-refractivity contribution in [3.05, 3.63) is 58.1 Å². The lowest BCUT2D eigenvalue weighted by atomic mass is 10.1. The number of nitrogens with one attached hydrogen (secondary N) is 2. The van der Waals surface area contributed by atoms with Gasteiger partial charge in [0.1, 0.15) is 11.4 Å². The van der Waals surface area contributed by atoms with E-state index in [2.05, 4.69) is 10.6 Å². The minimum absolute atomic E-state index is 0.00244. The van der Waals surface area contributed by atoms with Crippen LogP contribution in [0.3, 0.4) is 0 Å². The molecule has 9 nitrogen and oxygen atoms in total. The van der Waals surface area contributed by atoms with Crippen LogP contribution in [0.1, 0.15) is 21.5 Å². The van der Waals surface area contributed by atoms with E-state index in [1.165, 1.54) is 32.3 Å². The maximum absolute atomic E-state index is 12.3. The summed E-state index contributed by atoms with van der Waals surface area (Å²) in [5.74, 6) is -1.93. The monoisotopic (exact) mass is 481 g/mol. The molecule has 0 aromatic heterocycles. The number of benzene rings is 2. The van der Waals surface area contributed by atoms with E-state index in [4.69, 9.17) is 16.3 Å². The Balaban J connectivity index is 1.88. The number of halogens is 1. The van der Waals surface area contributed by atoms with Crippen LogP contribution in [0.5, 0.6) is 0 Å². The summed E-state index contributed by atoms with van der Waals surface area (Å²) in [4.78, 5) is 35.8. The minimum Gasteiger partial charge on any atom is -0.454 e. The molecule has 0 saturated heterocycles. The van der Waals surface area contributed by atoms with Gasteiger partial charge in [-0.2, -0.15) is 0 Å². The summed E-state index contributed by atoms with van der Waals surface area (Å²) in [7, 11) is -1.10. The number of carbonyl (C=O) groups is 3. The van der Waals surface area contributed by atoms with Gasteiger partial charge in [-0.1, -0.05) is 17.7 Å². The van der Waals surface area contributed by atoms with Crippen LogP contribution in [0.25, 0.3) is 0 Å². The third-order valence-electron chi connectivity index (χ3n) is 4.50. The van der Waals surface area contributed by atoms with Crippen molar-refractivity contribution < 1.29 is 27.5 Å². The van der Waals surface area contributed by atoms with Gasteiger partial charge >= 0.3 is 5.97 Å². The van der Waals surface area contributed by atoms with E-state index in [-0.39, 0.29) is 15.6 Å². The van der Waals surface area contributed by atoms with Crippen molar-refractivity contribution in [3.63, 3.8) is 0 Å². The quantitative estimate of drug-likeness (QED) is 0.557. The molecule has 0 aliphatic carbocycles. The highest BCUT2D eigenvalue weighted by molar-refractivity contribution is 7.89. The number of hydrogen-bond donors (Lipinski definition) is 2. The van der Waals surface area contributed by atoms with Crippen molar-refractivity contribution in [2.24, 2.45) is 0 Å². The molecule has 11 heteroatoms. The molecule has 2 N–H and O–H groups in total. The standard InChI is InChI=1S/C21H24ClN3O6S/c1-13-5-6-15(9-14(13)2)21(28)23-11-20(27)31-12-19(26)24-16-7-8-17(22)18(10-16)32(29,30)25(3)4/h5-10H,11-12H2,1-4H3,(H,23,28)(H,24,26). The molecule has 0 bridgehead atoms. The number of esters is 1. The Hall–Kier alpha value is -2.95. The van der Waals surface area contributed by atoms with Gasteiger partial charge in [0.2, 0.25) is 10.0 Å². The summed E-state index contributed by atoms with van der Waals surface area (Å²) in [6, 6.07) is 9.12. The van der Waals surface area contributed by atoms with Gasteiger partial charge in [0.05, 0.1) is 5.02 Å². The SMILES string of the molecule is Cc1ccc(C(=O)NCC(=O)OCC(=O)Nc2ccc(Cl)c(S(=O)(=O)N(C)C)c2)cc1C. The molecule has 172 valence electrons. The van der Waals surface area contributed by atoms with Gasteiger partial charge < -0.3 is 15.4 Å². The van der Waals surface area contributed by atoms with E-state index in [1.54, 1.807) is 18.2 Å². The number of rotatable bonds is 8. The number of sulfonamides is 1. The number of nitrogens with zero attached hydrogens (tertiary/aromatic N) is 1. The van der Waals surface area contributed by atoms with Crippen molar-refractivity contribution in [2.75, 3.05) is 32.6 Å². The zero-order valence-electron chi connectivity index (χ0n) is 18.1. The molecule has 32 heavy (non-hydrogen) atoms. The molecule has 2 aromatic rings. The maximum atomic E-state index is 12.3. The third-order valence-corrected chi connectivity index (χ3v) is 6.80. The average Bonchev–Trinajstić information content (AvgIpc) is 2.73. The predicted molar refractivity (Wildman–Crippen MR) is 120 cm³/mol. The van der Waals surface area contributed by atoms with Crippen molar-refractivity contribution in [1.29, 1.82) is 0 Å². The molecular weight excluding hydrogens is 458 g/mol. The zero-order chi connectivity index (χ0) is 24.1. The smallest absolute Gasteiger partial charge is 0.325 e. The lowest BCUT2D eigenvalue weighted by molar-refractivity contribution is -0.146. The lowest BCUT2D eigenvalue weighted by Crippen LogP contribution is -2.32. The lowest BCUT2D eigenvalue weighted by Gasteiger charge is -2.14. The second-order valence-corrected chi connectivity index (χ2v) is 9.65. The van der Waals surface area contributed by atoms with Gasteiger partial charge in [-0.25, -0.2) is 12.7 Å². The van der Waals surface area contributed by atoms with Gasteiger partial charge in [0.25, 0.3) is 11.8 Å². The summed E-state index contributed by atoms with van der Waals surface area (Å²) in [6.07, 6.45) is 0. The first-order valence-corrected chi connectivity index (χ1v) is 11.3. The zero-order valence-corrected chi connectivity index (χ0v) is 19.6. The molecule has 2 amide bonds. The number of aryl methyl sites for hydroxylation is 2. The Bertz CT molecular complexity index is 1150. The highest BCUT2D eigenvalue weighted by Crippen LogP contribution is 2.26. The first kappa shape index (κ1) is 25.3. The molecule has 0 heterocycles. The molecule has 2 aromatic carbocycles. The molecule has 0 unspecified atom stereocenters. The molecule has 2 rings (SSSR count). The minimum atomic E-state index is -3.81. The summed E-state index contributed by atoms with van der Waals surface area (Å²) < 4.78 is 30.4. The second-order valence-electron chi connectivity index (χ2n) is 7.12. The third kappa shape index (κ3) is 6.52. The van der Waals surface area contributed by atoms with E-state index < -0.39 is 41.0 Å². The molecule has 0 saturated carbocycles. The Labute approximate surface area is 191 Å². The van der Waals surface area contributed by atoms with Crippen molar-refractivity contribution in [3.8, 4) is 0 Å². The normalized spacial score (nSPS) is 11.2. The second kappa shape index (κ2) is 10.6. The molecule has 0 fully saturated rings. The van der Waals surface area contributed by atoms with Crippen LogP contribution in [-0.2, 0) is 24.3 Å². The van der Waals surface area contributed by atoms with E-state index >= 15 is 0 Å². The van der Waals surface area contributed by atoms with Crippen LogP contribution in [0.4, 0.5) is 5.69 Å². The van der Waals surface area contributed by atoms with Gasteiger partial charge in [-0.05, 0) is 55.3 Å². The summed E-state index contributed by atoms with van der Waals surface area (Å²) in [5, 5.41) is 4.86. The van der Waals surface area contributed by atoms with E-state index in [0.29, 0.717) is 5.56 Å². The molecule has 0 aliphatic heterocycles. The van der Waals surface area contributed by atoms with Gasteiger partial charge in [0.15, 0.2) is 6.61 Å². The fraction of sp³-hybridized carbons (Fsp3) is 0.286. The summed E-state index contributed by atoms with van der Waals surface area (Å²) in [5.41, 5.74) is 2.56. The number of anilines is 1. The van der Waals surface area contributed by atoms with Crippen LogP contribution in [0.2, 0.25) is 5.02 Å². The van der Waals surface area contributed by atoms with Gasteiger partial charge in [-0.3, -0.25) is 14.4 Å². The van der Waals surface area contributed by atoms with E-state index in [9.17, 15) is 22.8 Å². The number of ether oxygens (including phenoxy) is 1. The Kier molecular flexibility index (Phi) is 8.37. The van der Waals surface area contributed by atoms with Crippen LogP contribution in [-0.4, -0.2) is 57.8 Å². The molecule has 0 atom stereocenters. The van der Waals surface area contributed by atoms with Crippen LogP contribution in [0, 0.1) is 13.8 Å². The van der Waals surface area contributed by atoms with E-state index in [1.807, 2.05) is 13.8 Å². The van der Waals surface area contributed by atoms with Crippen molar-refractivity contribution >= 4 is 45.1 Å². The first-order chi connectivity index (χ1) is 14.9. The van der Waals surface area contributed by atoms with E-state index in [0.717, 1.165) is 15.4 Å². The van der Waals surface area contributed by atoms with Crippen molar-refractivity contribution in [2.45, 2.75) is 18.7 Å². The van der Waals surface area contributed by atoms with Crippen molar-refractivity contribution in [1.82, 2.24) is 9.62 Å². The molecule has 0 radical (unpaired) electrons. The largest absolute Gasteiger partial charge is 0.454 e. The summed E-state index contributed by atoms with van der Waals surface area (Å²) >= 11 is 5.96. The fourth-order valence-corrected chi connectivity index (χ4v) is 3.90. The highest BCUT2D eigenvalue weighted by Gasteiger charge is 2.21. The molecule has 0 aliphatic rings. The Morgan fingerprint density at radius 1 is 1.03 bits per heavy atom. The molecule has 0 spiro atoms. The topological polar surface area (TPSA) is 122 Å². The number of amides is 2. The Morgan fingerprint density at radius 2 is 1.72 bits per heavy atom. The predicted octanol–water partition coefficient (Wildman–Crippen LogP) is 2.12. The Morgan fingerprint density at radius 3 is 2.34 bits per heavy atom. The average molecular weight is 482 g/mol. The molecular formula is C21H24ClN3O6S. The summed E-state index contributed by atoms with van der Waals surface area (Å²) in [6.45, 7) is 2.77. The van der Waals surface area contributed by atoms with Crippen LogP contribution < -0.4 is 10.6 Å². The maximum Gasteiger partial charge on any atom is 0.325 e. The fourth-order valence-electron chi connectivity index (χ4n) is 2.51. The number of carbonyl (C=O) groups excluding carboxylic acids is 3. The first-order valence-electron chi connectivity index (χ1n) is 9.45. The van der Waals surface area contributed by atoms with Gasteiger partial charge in [0, 0.05) is 25.3 Å². The highest BCUT2D eigenvalue weighted by atomic mass is 35.5. The van der Waals surface area contributed by atoms with Gasteiger partial charge in [-0.15, -0.1) is 0 Å². The number of hydrogen-bond acceptors (Lipinski definition) is 6.